The van der Waals surface area contributed by atoms with E-state index < -0.39 is 28.2 Å². The van der Waals surface area contributed by atoms with Crippen molar-refractivity contribution in [3.05, 3.63) is 11.1 Å². The van der Waals surface area contributed by atoms with Crippen molar-refractivity contribution in [1.29, 1.82) is 0 Å². The zero-order valence-electron chi connectivity index (χ0n) is 22.7. The van der Waals surface area contributed by atoms with Crippen LogP contribution in [0.5, 0.6) is 0 Å². The van der Waals surface area contributed by atoms with E-state index in [4.69, 9.17) is 0 Å². The molecule has 0 radical (unpaired) electrons. The highest BCUT2D eigenvalue weighted by Crippen LogP contribution is 2.75. The lowest BCUT2D eigenvalue weighted by Gasteiger charge is -2.70. The Hall–Kier alpha value is -1.36. The number of carboxylic acids is 2. The Balaban J connectivity index is 1.69. The molecule has 0 spiro atoms. The van der Waals surface area contributed by atoms with Crippen LogP contribution in [0.4, 0.5) is 0 Å². The predicted molar refractivity (Wildman–Crippen MR) is 135 cm³/mol. The predicted octanol–water partition coefficient (Wildman–Crippen LogP) is 6.44. The number of carboxylic acid groups (broad SMARTS) is 2. The number of carbonyl (C=O) groups is 2. The van der Waals surface area contributed by atoms with Crippen molar-refractivity contribution in [3.8, 4) is 0 Å². The van der Waals surface area contributed by atoms with Gasteiger partial charge in [0, 0.05) is 0 Å². The molecular weight excluding hydrogens is 440 g/mol. The van der Waals surface area contributed by atoms with Crippen molar-refractivity contribution < 1.29 is 24.9 Å². The first-order valence-corrected chi connectivity index (χ1v) is 14.0. The summed E-state index contributed by atoms with van der Waals surface area (Å²) in [5.41, 5.74) is -0.507. The van der Waals surface area contributed by atoms with Gasteiger partial charge >= 0.3 is 11.9 Å². The van der Waals surface area contributed by atoms with Gasteiger partial charge in [-0.1, -0.05) is 52.7 Å². The van der Waals surface area contributed by atoms with E-state index in [1.165, 1.54) is 0 Å². The van der Waals surface area contributed by atoms with Gasteiger partial charge in [0.1, 0.15) is 0 Å². The Morgan fingerprint density at radius 1 is 0.743 bits per heavy atom. The van der Waals surface area contributed by atoms with Crippen LogP contribution in [0.3, 0.4) is 0 Å². The van der Waals surface area contributed by atoms with E-state index in [9.17, 15) is 24.9 Å². The smallest absolute Gasteiger partial charge is 0.314 e. The Morgan fingerprint density at radius 3 is 2.03 bits per heavy atom. The number of fused-ring (bicyclic) bond motifs is 6. The number of aliphatic carboxylic acids is 2. The summed E-state index contributed by atoms with van der Waals surface area (Å²) in [7, 11) is 0. The number of rotatable bonds is 2. The van der Waals surface area contributed by atoms with Crippen LogP contribution in [0.25, 0.3) is 0 Å². The van der Waals surface area contributed by atoms with Crippen LogP contribution in [-0.4, -0.2) is 33.4 Å². The molecule has 0 aromatic carbocycles. The first-order valence-electron chi connectivity index (χ1n) is 14.0. The molecule has 0 aliphatic heterocycles. The molecule has 0 bridgehead atoms. The monoisotopic (exact) mass is 486 g/mol. The molecule has 0 saturated heterocycles. The van der Waals surface area contributed by atoms with Gasteiger partial charge in [-0.15, -0.1) is 0 Å². The average molecular weight is 487 g/mol. The Kier molecular flexibility index (Phi) is 5.32. The zero-order valence-corrected chi connectivity index (χ0v) is 22.7. The molecular formula is C30H46O5. The fraction of sp³-hybridized carbons (Fsp3) is 0.867. The number of aliphatic hydroxyl groups excluding tert-OH is 1. The van der Waals surface area contributed by atoms with E-state index >= 15 is 0 Å². The van der Waals surface area contributed by atoms with Gasteiger partial charge < -0.3 is 15.3 Å². The van der Waals surface area contributed by atoms with Crippen molar-refractivity contribution in [2.45, 2.75) is 118 Å². The molecule has 196 valence electrons. The number of hydrogen-bond donors (Lipinski definition) is 3. The van der Waals surface area contributed by atoms with Crippen LogP contribution < -0.4 is 0 Å². The number of hydrogen-bond acceptors (Lipinski definition) is 3. The minimum atomic E-state index is -0.980. The Labute approximate surface area is 210 Å². The standard InChI is InChI=1S/C30H46O5/c1-25(2)13-14-29(23(32)33)15-16-30(24(34)35)18(19(29)17-25)7-8-21-27(5)11-10-22(31)26(3,4)20(27)9-12-28(21,30)6/h20-22,31H,7-17H2,1-6H3,(H,32,33)(H,34,35)/t20-,21+,22+,27+,28+,29-,30+/m0/s1. The minimum Gasteiger partial charge on any atom is -0.481 e. The lowest BCUT2D eigenvalue weighted by molar-refractivity contribution is -0.215. The molecule has 5 rings (SSSR count). The molecule has 0 aromatic rings. The SMILES string of the molecule is CC1(C)CC[C@]2(C(=O)O)CC[C@]3(C(=O)O)C(=C2C1)CC[C@@H]1[C@]2(C)CC[C@@H](O)C(C)(C)[C@@H]2CC[C@]13C. The second kappa shape index (κ2) is 7.36. The van der Waals surface area contributed by atoms with E-state index in [2.05, 4.69) is 41.5 Å². The molecule has 7 atom stereocenters. The average Bonchev–Trinajstić information content (AvgIpc) is 2.75. The van der Waals surface area contributed by atoms with Crippen LogP contribution in [-0.2, 0) is 9.59 Å². The van der Waals surface area contributed by atoms with Crippen molar-refractivity contribution >= 4 is 11.9 Å². The van der Waals surface area contributed by atoms with E-state index in [1.807, 2.05) is 0 Å². The summed E-state index contributed by atoms with van der Waals surface area (Å²) >= 11 is 0. The maximum atomic E-state index is 13.5. The topological polar surface area (TPSA) is 94.8 Å². The van der Waals surface area contributed by atoms with E-state index in [-0.39, 0.29) is 28.3 Å². The van der Waals surface area contributed by atoms with E-state index in [0.29, 0.717) is 38.0 Å². The molecule has 4 saturated carbocycles. The lowest BCUT2D eigenvalue weighted by Crippen LogP contribution is -2.66. The van der Waals surface area contributed by atoms with E-state index in [0.717, 1.165) is 49.7 Å². The first-order chi connectivity index (χ1) is 16.1. The highest BCUT2D eigenvalue weighted by Gasteiger charge is 2.72. The molecule has 5 aliphatic carbocycles. The third-order valence-electron chi connectivity index (χ3n) is 12.7. The Morgan fingerprint density at radius 2 is 1.40 bits per heavy atom. The minimum absolute atomic E-state index is 0.00616. The summed E-state index contributed by atoms with van der Waals surface area (Å²) in [4.78, 5) is 26.3. The van der Waals surface area contributed by atoms with Gasteiger partial charge in [-0.2, -0.15) is 0 Å². The van der Waals surface area contributed by atoms with E-state index in [1.54, 1.807) is 0 Å². The van der Waals surface area contributed by atoms with Crippen LogP contribution in [0, 0.1) is 44.3 Å². The third kappa shape index (κ3) is 2.97. The molecule has 0 heterocycles. The quantitative estimate of drug-likeness (QED) is 0.390. The normalized spacial score (nSPS) is 48.1. The van der Waals surface area contributed by atoms with Crippen molar-refractivity contribution in [3.63, 3.8) is 0 Å². The molecule has 35 heavy (non-hydrogen) atoms. The second-order valence-corrected chi connectivity index (χ2v) is 14.9. The highest BCUT2D eigenvalue weighted by molar-refractivity contribution is 5.85. The fourth-order valence-corrected chi connectivity index (χ4v) is 10.7. The lowest BCUT2D eigenvalue weighted by atomic mass is 9.33. The summed E-state index contributed by atoms with van der Waals surface area (Å²) in [6.07, 6.45) is 7.87. The van der Waals surface area contributed by atoms with Gasteiger partial charge in [0.05, 0.1) is 16.9 Å². The summed E-state index contributed by atoms with van der Waals surface area (Å²) in [6, 6.07) is 0. The third-order valence-corrected chi connectivity index (χ3v) is 12.7. The highest BCUT2D eigenvalue weighted by atomic mass is 16.4. The number of aliphatic hydroxyl groups is 1. The maximum Gasteiger partial charge on any atom is 0.314 e. The van der Waals surface area contributed by atoms with Crippen molar-refractivity contribution in [2.75, 3.05) is 0 Å². The summed E-state index contributed by atoms with van der Waals surface area (Å²) in [6.45, 7) is 13.5. The molecule has 5 nitrogen and oxygen atoms in total. The van der Waals surface area contributed by atoms with Crippen molar-refractivity contribution in [2.24, 2.45) is 44.3 Å². The summed E-state index contributed by atoms with van der Waals surface area (Å²) < 4.78 is 0. The molecule has 3 N–H and O–H groups in total. The Bertz CT molecular complexity index is 993. The van der Waals surface area contributed by atoms with Crippen LogP contribution in [0.1, 0.15) is 112 Å². The van der Waals surface area contributed by atoms with Gasteiger partial charge in [-0.3, -0.25) is 9.59 Å². The largest absolute Gasteiger partial charge is 0.481 e. The van der Waals surface area contributed by atoms with Gasteiger partial charge in [0.25, 0.3) is 0 Å². The van der Waals surface area contributed by atoms with Crippen molar-refractivity contribution in [1.82, 2.24) is 0 Å². The molecule has 0 unspecified atom stereocenters. The van der Waals surface area contributed by atoms with Gasteiger partial charge in [0.15, 0.2) is 0 Å². The summed E-state index contributed by atoms with van der Waals surface area (Å²) in [5, 5.41) is 32.4. The van der Waals surface area contributed by atoms with Gasteiger partial charge in [0.2, 0.25) is 0 Å². The van der Waals surface area contributed by atoms with Crippen LogP contribution >= 0.6 is 0 Å². The molecule has 0 aromatic heterocycles. The van der Waals surface area contributed by atoms with Gasteiger partial charge in [-0.25, -0.2) is 0 Å². The molecule has 4 fully saturated rings. The fourth-order valence-electron chi connectivity index (χ4n) is 10.7. The maximum absolute atomic E-state index is 13.5. The van der Waals surface area contributed by atoms with Crippen LogP contribution in [0.15, 0.2) is 11.1 Å². The molecule has 5 heteroatoms. The second-order valence-electron chi connectivity index (χ2n) is 14.9. The molecule has 5 aliphatic rings. The zero-order chi connectivity index (χ0) is 25.8. The summed E-state index contributed by atoms with van der Waals surface area (Å²) in [5.74, 6) is -0.853. The first kappa shape index (κ1) is 25.3. The van der Waals surface area contributed by atoms with Crippen LogP contribution in [0.2, 0.25) is 0 Å². The van der Waals surface area contributed by atoms with Gasteiger partial charge in [-0.05, 0) is 104 Å². The molecule has 0 amide bonds.